The van der Waals surface area contributed by atoms with E-state index in [0.29, 0.717) is 29.6 Å². The molecule has 5 heteroatoms. The fraction of sp³-hybridized carbons (Fsp3) is 1.00. The van der Waals surface area contributed by atoms with Gasteiger partial charge in [0.05, 0.1) is 11.5 Å². The van der Waals surface area contributed by atoms with Crippen LogP contribution in [0.2, 0.25) is 0 Å². The van der Waals surface area contributed by atoms with Crippen LogP contribution in [0.5, 0.6) is 0 Å². The van der Waals surface area contributed by atoms with Crippen molar-refractivity contribution in [3.63, 3.8) is 0 Å². The molecule has 2 atom stereocenters. The minimum absolute atomic E-state index is 0.386. The van der Waals surface area contributed by atoms with Gasteiger partial charge >= 0.3 is 0 Å². The first kappa shape index (κ1) is 14.3. The monoisotopic (exact) mass is 274 g/mol. The van der Waals surface area contributed by atoms with Crippen molar-refractivity contribution in [2.24, 2.45) is 0 Å². The van der Waals surface area contributed by atoms with Crippen LogP contribution in [0.4, 0.5) is 0 Å². The van der Waals surface area contributed by atoms with Crippen LogP contribution in [0.1, 0.15) is 39.5 Å². The first-order valence-corrected chi connectivity index (χ1v) is 8.99. The van der Waals surface area contributed by atoms with E-state index in [0.717, 1.165) is 38.8 Å². The molecule has 4 nitrogen and oxygen atoms in total. The van der Waals surface area contributed by atoms with Gasteiger partial charge < -0.3 is 10.2 Å². The molecule has 2 fully saturated rings. The molecule has 0 amide bonds. The summed E-state index contributed by atoms with van der Waals surface area (Å²) in [6, 6.07) is 1.62. The summed E-state index contributed by atoms with van der Waals surface area (Å²) in [6.07, 6.45) is 3.98. The second-order valence-corrected chi connectivity index (χ2v) is 8.27. The Morgan fingerprint density at radius 2 is 1.44 bits per heavy atom. The third-order valence-electron chi connectivity index (χ3n) is 4.31. The smallest absolute Gasteiger partial charge is 0.150 e. The summed E-state index contributed by atoms with van der Waals surface area (Å²) >= 11 is 0. The number of rotatable bonds is 1. The van der Waals surface area contributed by atoms with Crippen molar-refractivity contribution in [1.29, 1.82) is 0 Å². The number of nitrogens with one attached hydrogen (secondary N) is 1. The zero-order valence-corrected chi connectivity index (χ0v) is 12.4. The van der Waals surface area contributed by atoms with Crippen LogP contribution >= 0.6 is 0 Å². The van der Waals surface area contributed by atoms with Crippen LogP contribution < -0.4 is 5.32 Å². The van der Waals surface area contributed by atoms with E-state index in [-0.39, 0.29) is 0 Å². The van der Waals surface area contributed by atoms with Gasteiger partial charge in [0.15, 0.2) is 0 Å². The van der Waals surface area contributed by atoms with Gasteiger partial charge in [0.2, 0.25) is 0 Å². The second-order valence-electron chi connectivity index (χ2n) is 5.97. The average Bonchev–Trinajstić information content (AvgIpc) is 2.28. The topological polar surface area (TPSA) is 49.4 Å². The lowest BCUT2D eigenvalue weighted by Crippen LogP contribution is -2.48. The van der Waals surface area contributed by atoms with Gasteiger partial charge in [-0.15, -0.1) is 0 Å². The van der Waals surface area contributed by atoms with E-state index in [2.05, 4.69) is 24.1 Å². The Balaban J connectivity index is 1.91. The molecule has 0 bridgehead atoms. The minimum Gasteiger partial charge on any atom is -0.312 e. The van der Waals surface area contributed by atoms with Crippen molar-refractivity contribution in [3.8, 4) is 0 Å². The van der Waals surface area contributed by atoms with Gasteiger partial charge in [0, 0.05) is 18.1 Å². The van der Waals surface area contributed by atoms with Gasteiger partial charge in [-0.1, -0.05) is 0 Å². The Morgan fingerprint density at radius 1 is 0.944 bits per heavy atom. The Hall–Kier alpha value is -0.130. The van der Waals surface area contributed by atoms with Crippen molar-refractivity contribution in [3.05, 3.63) is 0 Å². The predicted molar refractivity (Wildman–Crippen MR) is 74.5 cm³/mol. The first-order chi connectivity index (χ1) is 8.46. The minimum atomic E-state index is -2.73. The molecule has 2 rings (SSSR count). The van der Waals surface area contributed by atoms with Gasteiger partial charge in [0.1, 0.15) is 9.84 Å². The highest BCUT2D eigenvalue weighted by Gasteiger charge is 2.28. The maximum Gasteiger partial charge on any atom is 0.150 e. The maximum atomic E-state index is 11.5. The molecule has 0 aromatic heterocycles. The molecule has 0 aliphatic carbocycles. The zero-order chi connectivity index (χ0) is 13.2. The highest BCUT2D eigenvalue weighted by atomic mass is 32.2. The van der Waals surface area contributed by atoms with Crippen molar-refractivity contribution in [2.75, 3.05) is 24.6 Å². The summed E-state index contributed by atoms with van der Waals surface area (Å²) in [7, 11) is -2.73. The van der Waals surface area contributed by atoms with Gasteiger partial charge in [-0.2, -0.15) is 0 Å². The van der Waals surface area contributed by atoms with E-state index in [1.54, 1.807) is 0 Å². The number of sulfone groups is 1. The fourth-order valence-corrected chi connectivity index (χ4v) is 4.56. The Morgan fingerprint density at radius 3 is 1.94 bits per heavy atom. The molecule has 2 unspecified atom stereocenters. The summed E-state index contributed by atoms with van der Waals surface area (Å²) in [5.41, 5.74) is 0. The molecule has 106 valence electrons. The predicted octanol–water partition coefficient (Wildman–Crippen LogP) is 1.03. The quantitative estimate of drug-likeness (QED) is 0.776. The molecule has 0 radical (unpaired) electrons. The zero-order valence-electron chi connectivity index (χ0n) is 11.6. The summed E-state index contributed by atoms with van der Waals surface area (Å²) in [5, 5.41) is 3.60. The molecule has 0 aromatic carbocycles. The lowest BCUT2D eigenvalue weighted by molar-refractivity contribution is 0.152. The molecule has 18 heavy (non-hydrogen) atoms. The van der Waals surface area contributed by atoms with Crippen molar-refractivity contribution in [2.45, 2.75) is 57.7 Å². The highest BCUT2D eigenvalue weighted by molar-refractivity contribution is 7.91. The average molecular weight is 274 g/mol. The van der Waals surface area contributed by atoms with Gasteiger partial charge in [0.25, 0.3) is 0 Å². The van der Waals surface area contributed by atoms with Crippen LogP contribution in [0.25, 0.3) is 0 Å². The molecular weight excluding hydrogens is 248 g/mol. The second kappa shape index (κ2) is 5.88. The summed E-state index contributed by atoms with van der Waals surface area (Å²) < 4.78 is 23.0. The summed E-state index contributed by atoms with van der Waals surface area (Å²) in [4.78, 5) is 2.53. The molecule has 2 saturated heterocycles. The van der Waals surface area contributed by atoms with E-state index in [1.807, 2.05) is 0 Å². The Labute approximate surface area is 111 Å². The van der Waals surface area contributed by atoms with E-state index in [1.165, 1.54) is 0 Å². The molecule has 2 heterocycles. The summed E-state index contributed by atoms with van der Waals surface area (Å²) in [5.74, 6) is 0.773. The van der Waals surface area contributed by atoms with Crippen molar-refractivity contribution in [1.82, 2.24) is 10.2 Å². The third-order valence-corrected chi connectivity index (χ3v) is 6.02. The number of hydrogen-bond acceptors (Lipinski definition) is 4. The fourth-order valence-electron chi connectivity index (χ4n) is 3.09. The maximum absolute atomic E-state index is 11.5. The number of hydrogen-bond donors (Lipinski definition) is 1. The normalized spacial score (nSPS) is 35.9. The van der Waals surface area contributed by atoms with Crippen molar-refractivity contribution < 1.29 is 8.42 Å². The standard InChI is InChI=1S/C13H26N2O2S/c1-11-3-7-15(8-4-12(2)14-11)13-5-9-18(16,17)10-6-13/h11-14H,3-10H2,1-2H3. The Kier molecular flexibility index (Phi) is 4.67. The van der Waals surface area contributed by atoms with Gasteiger partial charge in [-0.3, -0.25) is 0 Å². The molecule has 2 aliphatic heterocycles. The lowest BCUT2D eigenvalue weighted by Gasteiger charge is -2.37. The van der Waals surface area contributed by atoms with Crippen LogP contribution in [0.3, 0.4) is 0 Å². The van der Waals surface area contributed by atoms with Crippen LogP contribution in [0.15, 0.2) is 0 Å². The van der Waals surface area contributed by atoms with E-state index < -0.39 is 9.84 Å². The van der Waals surface area contributed by atoms with Gasteiger partial charge in [-0.05, 0) is 52.6 Å². The molecular formula is C13H26N2O2S. The lowest BCUT2D eigenvalue weighted by atomic mass is 10.0. The molecule has 0 spiro atoms. The first-order valence-electron chi connectivity index (χ1n) is 7.17. The van der Waals surface area contributed by atoms with E-state index in [9.17, 15) is 8.42 Å². The molecule has 0 aromatic rings. The molecule has 1 N–H and O–H groups in total. The molecule has 0 saturated carbocycles. The summed E-state index contributed by atoms with van der Waals surface area (Å²) in [6.45, 7) is 6.69. The van der Waals surface area contributed by atoms with E-state index in [4.69, 9.17) is 0 Å². The number of nitrogens with zero attached hydrogens (tertiary/aromatic N) is 1. The SMILES string of the molecule is CC1CCN(C2CCS(=O)(=O)CC2)CCC(C)N1. The third kappa shape index (κ3) is 3.93. The molecule has 2 aliphatic rings. The largest absolute Gasteiger partial charge is 0.312 e. The Bertz CT molecular complexity index is 343. The van der Waals surface area contributed by atoms with Crippen molar-refractivity contribution >= 4 is 9.84 Å². The van der Waals surface area contributed by atoms with Crippen LogP contribution in [0, 0.1) is 0 Å². The van der Waals surface area contributed by atoms with Gasteiger partial charge in [-0.25, -0.2) is 8.42 Å². The highest BCUT2D eigenvalue weighted by Crippen LogP contribution is 2.20. The van der Waals surface area contributed by atoms with Crippen LogP contribution in [-0.2, 0) is 9.84 Å². The van der Waals surface area contributed by atoms with Crippen LogP contribution in [-0.4, -0.2) is 56.0 Å². The van der Waals surface area contributed by atoms with E-state index >= 15 is 0 Å².